The van der Waals surface area contributed by atoms with E-state index >= 15 is 0 Å². The molecule has 35 heavy (non-hydrogen) atoms. The van der Waals surface area contributed by atoms with E-state index < -0.39 is 5.82 Å². The molecule has 3 aromatic carbocycles. The lowest BCUT2D eigenvalue weighted by atomic mass is 10.1. The molecule has 0 spiro atoms. The molecular formula is C27H24FN3O3S. The maximum Gasteiger partial charge on any atom is 0.283 e. The van der Waals surface area contributed by atoms with Gasteiger partial charge in [-0.15, -0.1) is 0 Å². The molecule has 0 radical (unpaired) electrons. The first-order valence-electron chi connectivity index (χ1n) is 11.0. The Labute approximate surface area is 207 Å². The first-order chi connectivity index (χ1) is 17.0. The fourth-order valence-electron chi connectivity index (χ4n) is 3.63. The number of methoxy groups -OCH3 is 1. The normalized spacial score (nSPS) is 15.2. The summed E-state index contributed by atoms with van der Waals surface area (Å²) in [5.74, 6) is -0.232. The standard InChI is InChI=1S/C27H24FN3O3S/c1-18(22-10-6-7-11-24(22)34-2)29-25(32)17-35-27-30-23(16-19-8-4-3-5-9-19)26(33)31(27)21-14-12-20(28)13-15-21/h3-16,18H,17H2,1-2H3,(H,29,32)/b23-16-. The number of hydrogen-bond donors (Lipinski definition) is 1. The number of nitrogens with one attached hydrogen (secondary N) is 1. The summed E-state index contributed by atoms with van der Waals surface area (Å²) in [6.07, 6.45) is 1.69. The highest BCUT2D eigenvalue weighted by Gasteiger charge is 2.32. The molecule has 1 atom stereocenters. The number of ether oxygens (including phenoxy) is 1. The Morgan fingerprint density at radius 3 is 2.49 bits per heavy atom. The third kappa shape index (κ3) is 5.78. The van der Waals surface area contributed by atoms with E-state index in [1.165, 1.54) is 29.2 Å². The molecule has 0 fully saturated rings. The number of para-hydroxylation sites is 1. The summed E-state index contributed by atoms with van der Waals surface area (Å²) in [5.41, 5.74) is 2.41. The Kier molecular flexibility index (Phi) is 7.62. The summed E-state index contributed by atoms with van der Waals surface area (Å²) in [4.78, 5) is 31.8. The molecule has 4 rings (SSSR count). The molecule has 3 aromatic rings. The van der Waals surface area contributed by atoms with Crippen molar-refractivity contribution in [2.75, 3.05) is 17.8 Å². The number of nitrogens with zero attached hydrogens (tertiary/aromatic N) is 2. The number of anilines is 1. The van der Waals surface area contributed by atoms with E-state index in [2.05, 4.69) is 10.3 Å². The molecule has 178 valence electrons. The highest BCUT2D eigenvalue weighted by molar-refractivity contribution is 8.14. The van der Waals surface area contributed by atoms with Crippen LogP contribution in [0.15, 0.2) is 89.6 Å². The molecule has 0 aromatic heterocycles. The van der Waals surface area contributed by atoms with Crippen molar-refractivity contribution in [3.63, 3.8) is 0 Å². The lowest BCUT2D eigenvalue weighted by Gasteiger charge is -2.19. The van der Waals surface area contributed by atoms with Crippen molar-refractivity contribution >= 4 is 40.5 Å². The SMILES string of the molecule is COc1ccccc1C(C)NC(=O)CSC1=N/C(=C\c2ccccc2)C(=O)N1c1ccc(F)cc1. The summed E-state index contributed by atoms with van der Waals surface area (Å²) in [6.45, 7) is 1.88. The minimum atomic E-state index is -0.406. The van der Waals surface area contributed by atoms with Crippen molar-refractivity contribution in [2.45, 2.75) is 13.0 Å². The van der Waals surface area contributed by atoms with Crippen LogP contribution in [0.2, 0.25) is 0 Å². The van der Waals surface area contributed by atoms with Gasteiger partial charge in [0.1, 0.15) is 17.3 Å². The molecule has 0 saturated carbocycles. The van der Waals surface area contributed by atoms with Crippen molar-refractivity contribution in [1.29, 1.82) is 0 Å². The third-order valence-corrected chi connectivity index (χ3v) is 6.27. The first-order valence-corrected chi connectivity index (χ1v) is 12.0. The fraction of sp³-hybridized carbons (Fsp3) is 0.148. The Bertz CT molecular complexity index is 1280. The van der Waals surface area contributed by atoms with E-state index in [9.17, 15) is 14.0 Å². The summed E-state index contributed by atoms with van der Waals surface area (Å²) >= 11 is 1.14. The summed E-state index contributed by atoms with van der Waals surface area (Å²) in [5, 5.41) is 3.31. The number of rotatable bonds is 7. The average Bonchev–Trinajstić information content (AvgIpc) is 3.18. The minimum Gasteiger partial charge on any atom is -0.496 e. The van der Waals surface area contributed by atoms with Crippen molar-refractivity contribution < 1.29 is 18.7 Å². The zero-order valence-electron chi connectivity index (χ0n) is 19.3. The van der Waals surface area contributed by atoms with Crippen molar-refractivity contribution in [1.82, 2.24) is 5.32 Å². The molecule has 1 N–H and O–H groups in total. The summed E-state index contributed by atoms with van der Waals surface area (Å²) < 4.78 is 18.9. The Hall–Kier alpha value is -3.91. The molecule has 2 amide bonds. The van der Waals surface area contributed by atoms with Crippen molar-refractivity contribution in [3.8, 4) is 5.75 Å². The van der Waals surface area contributed by atoms with Gasteiger partial charge in [0, 0.05) is 5.56 Å². The summed E-state index contributed by atoms with van der Waals surface area (Å²) in [6, 6.07) is 22.2. The smallest absolute Gasteiger partial charge is 0.283 e. The molecular weight excluding hydrogens is 465 g/mol. The molecule has 0 saturated heterocycles. The lowest BCUT2D eigenvalue weighted by molar-refractivity contribution is -0.119. The third-order valence-electron chi connectivity index (χ3n) is 5.33. The number of amidine groups is 1. The van der Waals surface area contributed by atoms with E-state index in [1.54, 1.807) is 13.2 Å². The molecule has 0 bridgehead atoms. The molecule has 8 heteroatoms. The van der Waals surface area contributed by atoms with Crippen LogP contribution in [0, 0.1) is 5.82 Å². The van der Waals surface area contributed by atoms with E-state index in [4.69, 9.17) is 4.74 Å². The van der Waals surface area contributed by atoms with Crippen molar-refractivity contribution in [3.05, 3.63) is 102 Å². The van der Waals surface area contributed by atoms with Crippen LogP contribution in [0.25, 0.3) is 6.08 Å². The number of carbonyl (C=O) groups excluding carboxylic acids is 2. The van der Waals surface area contributed by atoms with Gasteiger partial charge in [-0.2, -0.15) is 0 Å². The number of aliphatic imine (C=N–C) groups is 1. The topological polar surface area (TPSA) is 71.0 Å². The fourth-order valence-corrected chi connectivity index (χ4v) is 4.46. The predicted molar refractivity (Wildman–Crippen MR) is 138 cm³/mol. The Balaban J connectivity index is 1.52. The number of amides is 2. The number of hydrogen-bond acceptors (Lipinski definition) is 5. The second kappa shape index (κ2) is 11.0. The number of thioether (sulfide) groups is 1. The molecule has 0 aliphatic carbocycles. The van der Waals surface area contributed by atoms with Gasteiger partial charge in [0.25, 0.3) is 5.91 Å². The second-order valence-corrected chi connectivity index (χ2v) is 8.71. The maximum absolute atomic E-state index is 13.5. The van der Waals surface area contributed by atoms with Gasteiger partial charge < -0.3 is 10.1 Å². The number of carbonyl (C=O) groups is 2. The van der Waals surface area contributed by atoms with Gasteiger partial charge in [-0.05, 0) is 48.9 Å². The van der Waals surface area contributed by atoms with Crippen LogP contribution in [0.4, 0.5) is 10.1 Å². The van der Waals surface area contributed by atoms with Crippen LogP contribution < -0.4 is 15.0 Å². The molecule has 1 aliphatic heterocycles. The predicted octanol–water partition coefficient (Wildman–Crippen LogP) is 5.19. The summed E-state index contributed by atoms with van der Waals surface area (Å²) in [7, 11) is 1.59. The number of benzene rings is 3. The molecule has 1 aliphatic rings. The second-order valence-electron chi connectivity index (χ2n) is 7.77. The average molecular weight is 490 g/mol. The Morgan fingerprint density at radius 1 is 1.09 bits per heavy atom. The maximum atomic E-state index is 13.5. The monoisotopic (exact) mass is 489 g/mol. The van der Waals surface area contributed by atoms with Gasteiger partial charge in [-0.25, -0.2) is 9.38 Å². The Morgan fingerprint density at radius 2 is 1.77 bits per heavy atom. The van der Waals surface area contributed by atoms with Crippen LogP contribution in [0.1, 0.15) is 24.1 Å². The zero-order chi connectivity index (χ0) is 24.8. The largest absolute Gasteiger partial charge is 0.496 e. The van der Waals surface area contributed by atoms with E-state index in [1.807, 2.05) is 61.5 Å². The van der Waals surface area contributed by atoms with Gasteiger partial charge in [-0.3, -0.25) is 14.5 Å². The van der Waals surface area contributed by atoms with Crippen LogP contribution in [-0.2, 0) is 9.59 Å². The highest BCUT2D eigenvalue weighted by atomic mass is 32.2. The molecule has 1 heterocycles. The molecule has 6 nitrogen and oxygen atoms in total. The number of halogens is 1. The minimum absolute atomic E-state index is 0.0436. The van der Waals surface area contributed by atoms with Crippen LogP contribution in [0.3, 0.4) is 0 Å². The van der Waals surface area contributed by atoms with Gasteiger partial charge >= 0.3 is 0 Å². The van der Waals surface area contributed by atoms with Crippen LogP contribution in [-0.4, -0.2) is 29.8 Å². The highest BCUT2D eigenvalue weighted by Crippen LogP contribution is 2.30. The first kappa shape index (κ1) is 24.2. The van der Waals surface area contributed by atoms with Gasteiger partial charge in [0.2, 0.25) is 5.91 Å². The lowest BCUT2D eigenvalue weighted by Crippen LogP contribution is -2.33. The van der Waals surface area contributed by atoms with Crippen LogP contribution in [0.5, 0.6) is 5.75 Å². The zero-order valence-corrected chi connectivity index (χ0v) is 20.1. The van der Waals surface area contributed by atoms with Gasteiger partial charge in [-0.1, -0.05) is 60.3 Å². The van der Waals surface area contributed by atoms with Crippen molar-refractivity contribution in [2.24, 2.45) is 4.99 Å². The van der Waals surface area contributed by atoms with E-state index in [-0.39, 0.29) is 29.3 Å². The van der Waals surface area contributed by atoms with Crippen LogP contribution >= 0.6 is 11.8 Å². The van der Waals surface area contributed by atoms with Gasteiger partial charge in [0.15, 0.2) is 5.17 Å². The van der Waals surface area contributed by atoms with E-state index in [0.29, 0.717) is 16.6 Å². The van der Waals surface area contributed by atoms with E-state index in [0.717, 1.165) is 22.9 Å². The quantitative estimate of drug-likeness (QED) is 0.464. The molecule has 1 unspecified atom stereocenters. The van der Waals surface area contributed by atoms with Gasteiger partial charge in [0.05, 0.1) is 24.6 Å².